The van der Waals surface area contributed by atoms with Gasteiger partial charge < -0.3 is 10.2 Å². The Hall–Kier alpha value is -3.41. The van der Waals surface area contributed by atoms with Gasteiger partial charge in [0.15, 0.2) is 17.3 Å². The molecular weight excluding hydrogens is 392 g/mol. The quantitative estimate of drug-likeness (QED) is 0.273. The zero-order valence-electron chi connectivity index (χ0n) is 17.8. The largest absolute Gasteiger partial charge is 0.481 e. The molecule has 0 aliphatic rings. The number of unbranched alkanes of at least 4 members (excludes halogenated alkanes) is 3. The van der Waals surface area contributed by atoms with Gasteiger partial charge in [-0.1, -0.05) is 73.5 Å². The summed E-state index contributed by atoms with van der Waals surface area (Å²) >= 11 is 0. The summed E-state index contributed by atoms with van der Waals surface area (Å²) < 4.78 is 4.43. The van der Waals surface area contributed by atoms with Gasteiger partial charge in [0.1, 0.15) is 0 Å². The van der Waals surface area contributed by atoms with Gasteiger partial charge in [-0.05, 0) is 19.3 Å². The lowest BCUT2D eigenvalue weighted by Crippen LogP contribution is -2.27. The van der Waals surface area contributed by atoms with Gasteiger partial charge in [-0.2, -0.15) is 0 Å². The van der Waals surface area contributed by atoms with Crippen molar-refractivity contribution in [2.24, 2.45) is 13.0 Å². The molecule has 0 bridgehead atoms. The van der Waals surface area contributed by atoms with Gasteiger partial charge in [0, 0.05) is 11.1 Å². The lowest BCUT2D eigenvalue weighted by Gasteiger charge is -2.07. The lowest BCUT2D eigenvalue weighted by molar-refractivity contribution is -0.660. The molecule has 0 fully saturated rings. The first-order valence-corrected chi connectivity index (χ1v) is 10.6. The number of hydrogen-bond acceptors (Lipinski definition) is 2. The minimum Gasteiger partial charge on any atom is -0.481 e. The predicted molar refractivity (Wildman–Crippen MR) is 118 cm³/mol. The molecular formula is C25H29N2O4+. The molecule has 0 spiro atoms. The molecule has 0 radical (unpaired) electrons. The number of carbonyl (C=O) groups is 2. The maximum atomic E-state index is 11.0. The molecule has 0 saturated heterocycles. The minimum absolute atomic E-state index is 0.177. The minimum atomic E-state index is -1.30. The smallest absolute Gasteiger partial charge is 0.317 e. The highest BCUT2D eigenvalue weighted by molar-refractivity contribution is 5.92. The van der Waals surface area contributed by atoms with Crippen molar-refractivity contribution in [2.75, 3.05) is 0 Å². The van der Waals surface area contributed by atoms with Crippen molar-refractivity contribution in [1.82, 2.24) is 4.57 Å². The highest BCUT2D eigenvalue weighted by Gasteiger charge is 2.25. The maximum absolute atomic E-state index is 11.0. The number of aryl methyl sites for hydroxylation is 2. The Morgan fingerprint density at radius 1 is 0.839 bits per heavy atom. The molecule has 1 aromatic heterocycles. The maximum Gasteiger partial charge on any atom is 0.317 e. The normalized spacial score (nSPS) is 11.0. The van der Waals surface area contributed by atoms with Crippen LogP contribution in [0.5, 0.6) is 0 Å². The Kier molecular flexibility index (Phi) is 7.60. The highest BCUT2D eigenvalue weighted by atomic mass is 16.4. The summed E-state index contributed by atoms with van der Waals surface area (Å²) in [6.07, 6.45) is 5.57. The Bertz CT molecular complexity index is 999. The van der Waals surface area contributed by atoms with Crippen LogP contribution >= 0.6 is 0 Å². The molecule has 6 heteroatoms. The van der Waals surface area contributed by atoms with Crippen molar-refractivity contribution in [3.63, 3.8) is 0 Å². The van der Waals surface area contributed by atoms with E-state index in [0.29, 0.717) is 6.42 Å². The number of nitrogens with zero attached hydrogens (tertiary/aromatic N) is 2. The Balaban J connectivity index is 1.69. The third-order valence-corrected chi connectivity index (χ3v) is 5.51. The Labute approximate surface area is 182 Å². The zero-order valence-corrected chi connectivity index (χ0v) is 17.8. The van der Waals surface area contributed by atoms with Crippen LogP contribution in [0, 0.1) is 5.92 Å². The van der Waals surface area contributed by atoms with Crippen LogP contribution in [0.25, 0.3) is 22.5 Å². The van der Waals surface area contributed by atoms with Crippen LogP contribution < -0.4 is 4.57 Å². The zero-order chi connectivity index (χ0) is 22.2. The van der Waals surface area contributed by atoms with Gasteiger partial charge in [0.2, 0.25) is 6.33 Å². The molecule has 0 amide bonds. The summed E-state index contributed by atoms with van der Waals surface area (Å²) in [6, 6.07) is 20.7. The predicted octanol–water partition coefficient (Wildman–Crippen LogP) is 4.38. The number of benzene rings is 2. The second kappa shape index (κ2) is 10.6. The molecule has 162 valence electrons. The summed E-state index contributed by atoms with van der Waals surface area (Å²) in [4.78, 5) is 22.0. The van der Waals surface area contributed by atoms with Crippen LogP contribution in [0.3, 0.4) is 0 Å². The third-order valence-electron chi connectivity index (χ3n) is 5.51. The second-order valence-corrected chi connectivity index (χ2v) is 7.78. The monoisotopic (exact) mass is 421 g/mol. The first-order chi connectivity index (χ1) is 15.0. The van der Waals surface area contributed by atoms with E-state index in [9.17, 15) is 9.59 Å². The first kappa shape index (κ1) is 22.3. The fourth-order valence-electron chi connectivity index (χ4n) is 3.97. The SMILES string of the molecule is C[n+]1cn(CCCCCCC(C(=O)O)C(=O)O)c(-c2ccccc2)c1-c1ccccc1. The van der Waals surface area contributed by atoms with E-state index in [1.165, 1.54) is 5.69 Å². The van der Waals surface area contributed by atoms with Gasteiger partial charge in [-0.3, -0.25) is 9.59 Å². The number of imidazole rings is 1. The van der Waals surface area contributed by atoms with Gasteiger partial charge >= 0.3 is 11.9 Å². The molecule has 0 aliphatic carbocycles. The van der Waals surface area contributed by atoms with E-state index in [-0.39, 0.29) is 6.42 Å². The van der Waals surface area contributed by atoms with E-state index in [0.717, 1.165) is 42.6 Å². The molecule has 0 saturated carbocycles. The number of hydrogen-bond donors (Lipinski definition) is 2. The van der Waals surface area contributed by atoms with Gasteiger partial charge in [0.25, 0.3) is 0 Å². The fraction of sp³-hybridized carbons (Fsp3) is 0.320. The molecule has 3 aromatic rings. The fourth-order valence-corrected chi connectivity index (χ4v) is 3.97. The lowest BCUT2D eigenvalue weighted by atomic mass is 10.0. The third kappa shape index (κ3) is 5.60. The van der Waals surface area contributed by atoms with Crippen LogP contribution in [-0.4, -0.2) is 26.7 Å². The van der Waals surface area contributed by atoms with E-state index in [1.54, 1.807) is 0 Å². The first-order valence-electron chi connectivity index (χ1n) is 10.6. The van der Waals surface area contributed by atoms with Crippen molar-refractivity contribution in [3.05, 3.63) is 67.0 Å². The average molecular weight is 422 g/mol. The number of aliphatic carboxylic acids is 2. The van der Waals surface area contributed by atoms with Crippen molar-refractivity contribution in [3.8, 4) is 22.5 Å². The Morgan fingerprint density at radius 3 is 1.97 bits per heavy atom. The van der Waals surface area contributed by atoms with E-state index in [1.807, 2.05) is 36.4 Å². The topological polar surface area (TPSA) is 83.4 Å². The summed E-state index contributed by atoms with van der Waals surface area (Å²) in [5.41, 5.74) is 4.66. The van der Waals surface area contributed by atoms with E-state index in [2.05, 4.69) is 46.8 Å². The molecule has 0 unspecified atom stereocenters. The molecule has 31 heavy (non-hydrogen) atoms. The summed E-state index contributed by atoms with van der Waals surface area (Å²) in [7, 11) is 2.06. The van der Waals surface area contributed by atoms with Crippen molar-refractivity contribution < 1.29 is 24.4 Å². The average Bonchev–Trinajstić information content (AvgIpc) is 3.09. The van der Waals surface area contributed by atoms with E-state index in [4.69, 9.17) is 10.2 Å². The molecule has 2 N–H and O–H groups in total. The number of aromatic nitrogens is 2. The van der Waals surface area contributed by atoms with Gasteiger partial charge in [0.05, 0.1) is 13.6 Å². The molecule has 0 atom stereocenters. The summed E-state index contributed by atoms with van der Waals surface area (Å²) in [5, 5.41) is 17.9. The number of carboxylic acids is 2. The van der Waals surface area contributed by atoms with Crippen molar-refractivity contribution in [1.29, 1.82) is 0 Å². The molecule has 0 aliphatic heterocycles. The molecule has 3 rings (SSSR count). The van der Waals surface area contributed by atoms with Crippen LogP contribution in [0.2, 0.25) is 0 Å². The molecule has 1 heterocycles. The van der Waals surface area contributed by atoms with Crippen LogP contribution in [0.4, 0.5) is 0 Å². The van der Waals surface area contributed by atoms with Crippen molar-refractivity contribution >= 4 is 11.9 Å². The molecule has 6 nitrogen and oxygen atoms in total. The van der Waals surface area contributed by atoms with Crippen LogP contribution in [-0.2, 0) is 23.2 Å². The highest BCUT2D eigenvalue weighted by Crippen LogP contribution is 2.30. The van der Waals surface area contributed by atoms with Gasteiger partial charge in [-0.15, -0.1) is 0 Å². The van der Waals surface area contributed by atoms with Crippen LogP contribution in [0.1, 0.15) is 32.1 Å². The molecule has 2 aromatic carbocycles. The second-order valence-electron chi connectivity index (χ2n) is 7.78. The summed E-state index contributed by atoms with van der Waals surface area (Å²) in [6.45, 7) is 0.839. The number of carboxylic acid groups (broad SMARTS) is 2. The Morgan fingerprint density at radius 2 is 1.39 bits per heavy atom. The van der Waals surface area contributed by atoms with Crippen LogP contribution in [0.15, 0.2) is 67.0 Å². The van der Waals surface area contributed by atoms with E-state index >= 15 is 0 Å². The van der Waals surface area contributed by atoms with Crippen molar-refractivity contribution in [2.45, 2.75) is 38.6 Å². The van der Waals surface area contributed by atoms with E-state index < -0.39 is 17.9 Å². The summed E-state index contributed by atoms with van der Waals surface area (Å²) in [5.74, 6) is -3.82. The van der Waals surface area contributed by atoms with Gasteiger partial charge in [-0.25, -0.2) is 9.13 Å². The number of rotatable bonds is 11. The standard InChI is InChI=1S/C25H28N2O4/c1-26-18-27(17-11-3-2-10-16-21(24(28)29)25(30)31)23(20-14-8-5-9-15-20)22(26)19-12-6-4-7-13-19/h4-9,12-15,18,21H,2-3,10-11,16-17H2,1H3,(H-,28,29,30,31)/p+1.